The van der Waals surface area contributed by atoms with Crippen LogP contribution in [0.4, 0.5) is 0 Å². The first kappa shape index (κ1) is 15.7. The second-order valence-electron chi connectivity index (χ2n) is 5.24. The minimum Gasteiger partial charge on any atom is -0.439 e. The van der Waals surface area contributed by atoms with Crippen molar-refractivity contribution in [1.29, 1.82) is 5.26 Å². The summed E-state index contributed by atoms with van der Waals surface area (Å²) in [4.78, 5) is 8.49. The molecule has 0 aliphatic heterocycles. The van der Waals surface area contributed by atoms with E-state index in [0.29, 0.717) is 28.9 Å². The molecule has 0 fully saturated rings. The van der Waals surface area contributed by atoms with Crippen LogP contribution >= 0.6 is 0 Å². The number of pyridine rings is 1. The number of ether oxygens (including phenoxy) is 1. The van der Waals surface area contributed by atoms with Crippen LogP contribution in [0, 0.1) is 11.3 Å². The van der Waals surface area contributed by atoms with Crippen molar-refractivity contribution < 1.29 is 9.26 Å². The van der Waals surface area contributed by atoms with Gasteiger partial charge < -0.3 is 9.26 Å². The first-order chi connectivity index (χ1) is 11.8. The Morgan fingerprint density at radius 1 is 1.25 bits per heavy atom. The molecule has 0 saturated heterocycles. The number of hydrogen-bond donors (Lipinski definition) is 0. The zero-order valence-electron chi connectivity index (χ0n) is 13.3. The van der Waals surface area contributed by atoms with Crippen LogP contribution < -0.4 is 4.74 Å². The van der Waals surface area contributed by atoms with Crippen LogP contribution in [-0.4, -0.2) is 15.1 Å². The summed E-state index contributed by atoms with van der Waals surface area (Å²) >= 11 is 0. The zero-order valence-corrected chi connectivity index (χ0v) is 13.3. The summed E-state index contributed by atoms with van der Waals surface area (Å²) in [5.74, 6) is 2.22. The molecule has 0 bridgehead atoms. The summed E-state index contributed by atoms with van der Waals surface area (Å²) in [6, 6.07) is 12.7. The van der Waals surface area contributed by atoms with Gasteiger partial charge >= 0.3 is 0 Å². The van der Waals surface area contributed by atoms with Crippen LogP contribution in [0.1, 0.15) is 31.2 Å². The van der Waals surface area contributed by atoms with Crippen molar-refractivity contribution in [1.82, 2.24) is 15.1 Å². The fourth-order valence-electron chi connectivity index (χ4n) is 2.13. The minimum absolute atomic E-state index is 0.419. The van der Waals surface area contributed by atoms with Crippen molar-refractivity contribution in [2.45, 2.75) is 26.2 Å². The number of benzene rings is 1. The summed E-state index contributed by atoms with van der Waals surface area (Å²) < 4.78 is 11.0. The fraction of sp³-hybridized carbons (Fsp3) is 0.222. The predicted octanol–water partition coefficient (Wildman–Crippen LogP) is 4.14. The first-order valence-corrected chi connectivity index (χ1v) is 7.75. The lowest BCUT2D eigenvalue weighted by Crippen LogP contribution is -1.89. The molecule has 6 heteroatoms. The van der Waals surface area contributed by atoms with Crippen LogP contribution in [0.15, 0.2) is 47.1 Å². The highest BCUT2D eigenvalue weighted by Gasteiger charge is 2.09. The van der Waals surface area contributed by atoms with Crippen molar-refractivity contribution in [2.24, 2.45) is 0 Å². The number of nitriles is 1. The van der Waals surface area contributed by atoms with E-state index in [-0.39, 0.29) is 0 Å². The number of aromatic nitrogens is 3. The molecule has 0 atom stereocenters. The van der Waals surface area contributed by atoms with Gasteiger partial charge in [0.1, 0.15) is 11.8 Å². The Labute approximate surface area is 139 Å². The summed E-state index contributed by atoms with van der Waals surface area (Å²) in [5.41, 5.74) is 1.30. The van der Waals surface area contributed by atoms with Gasteiger partial charge in [0, 0.05) is 24.2 Å². The maximum atomic E-state index is 8.78. The molecule has 2 aromatic heterocycles. The molecule has 120 valence electrons. The molecule has 0 spiro atoms. The molecule has 2 heterocycles. The maximum Gasteiger partial charge on any atom is 0.226 e. The van der Waals surface area contributed by atoms with Crippen LogP contribution in [0.2, 0.25) is 0 Å². The predicted molar refractivity (Wildman–Crippen MR) is 87.4 cm³/mol. The van der Waals surface area contributed by atoms with E-state index >= 15 is 0 Å². The summed E-state index contributed by atoms with van der Waals surface area (Å²) in [7, 11) is 0. The lowest BCUT2D eigenvalue weighted by molar-refractivity contribution is 0.375. The van der Waals surface area contributed by atoms with E-state index in [2.05, 4.69) is 22.0 Å². The largest absolute Gasteiger partial charge is 0.439 e. The Hall–Kier alpha value is -3.20. The molecule has 0 aliphatic carbocycles. The Kier molecular flexibility index (Phi) is 4.82. The Morgan fingerprint density at radius 2 is 2.17 bits per heavy atom. The van der Waals surface area contributed by atoms with Crippen LogP contribution in [0.25, 0.3) is 11.4 Å². The summed E-state index contributed by atoms with van der Waals surface area (Å²) in [5, 5.41) is 12.8. The van der Waals surface area contributed by atoms with Gasteiger partial charge in [-0.2, -0.15) is 10.2 Å². The number of nitrogens with zero attached hydrogens (tertiary/aromatic N) is 4. The molecule has 0 saturated carbocycles. The molecule has 0 unspecified atom stereocenters. The highest BCUT2D eigenvalue weighted by Crippen LogP contribution is 2.25. The Bertz CT molecular complexity index is 850. The molecule has 0 aliphatic rings. The monoisotopic (exact) mass is 320 g/mol. The molecule has 0 amide bonds. The van der Waals surface area contributed by atoms with E-state index in [1.54, 1.807) is 12.1 Å². The van der Waals surface area contributed by atoms with Crippen molar-refractivity contribution in [3.8, 4) is 29.1 Å². The quantitative estimate of drug-likeness (QED) is 0.678. The van der Waals surface area contributed by atoms with E-state index in [1.807, 2.05) is 30.3 Å². The molecular weight excluding hydrogens is 304 g/mol. The molecule has 6 nitrogen and oxygen atoms in total. The van der Waals surface area contributed by atoms with E-state index in [0.717, 1.165) is 24.8 Å². The number of rotatable bonds is 6. The van der Waals surface area contributed by atoms with Crippen molar-refractivity contribution in [3.05, 3.63) is 54.0 Å². The summed E-state index contributed by atoms with van der Waals surface area (Å²) in [6.45, 7) is 2.12. The average Bonchev–Trinajstić information content (AvgIpc) is 3.10. The first-order valence-electron chi connectivity index (χ1n) is 7.75. The standard InChI is InChI=1S/C18H16N4O2/c1-2-3-7-17-21-18(22-24-17)14-5-4-6-15(10-14)23-16-9-8-13(11-19)12-20-16/h4-6,8-10,12H,2-3,7H2,1H3. The Morgan fingerprint density at radius 3 is 2.92 bits per heavy atom. The van der Waals surface area contributed by atoms with E-state index < -0.39 is 0 Å². The van der Waals surface area contributed by atoms with Gasteiger partial charge in [0.15, 0.2) is 0 Å². The lowest BCUT2D eigenvalue weighted by Gasteiger charge is -2.05. The molecule has 3 aromatic rings. The second kappa shape index (κ2) is 7.38. The zero-order chi connectivity index (χ0) is 16.8. The second-order valence-corrected chi connectivity index (χ2v) is 5.24. The highest BCUT2D eigenvalue weighted by molar-refractivity contribution is 5.57. The molecule has 3 rings (SSSR count). The maximum absolute atomic E-state index is 8.78. The SMILES string of the molecule is CCCCc1nc(-c2cccc(Oc3ccc(C#N)cn3)c2)no1. The average molecular weight is 320 g/mol. The van der Waals surface area contributed by atoms with Crippen LogP contribution in [0.3, 0.4) is 0 Å². The van der Waals surface area contributed by atoms with Gasteiger partial charge in [0.25, 0.3) is 0 Å². The smallest absolute Gasteiger partial charge is 0.226 e. The Balaban J connectivity index is 1.76. The topological polar surface area (TPSA) is 84.8 Å². The third-order valence-electron chi connectivity index (χ3n) is 3.39. The van der Waals surface area contributed by atoms with Gasteiger partial charge in [-0.1, -0.05) is 30.6 Å². The van der Waals surface area contributed by atoms with Gasteiger partial charge in [0.05, 0.1) is 5.56 Å². The molecule has 1 aromatic carbocycles. The third-order valence-corrected chi connectivity index (χ3v) is 3.39. The molecular formula is C18H16N4O2. The van der Waals surface area contributed by atoms with E-state index in [4.69, 9.17) is 14.5 Å². The highest BCUT2D eigenvalue weighted by atomic mass is 16.5. The number of aryl methyl sites for hydroxylation is 1. The van der Waals surface area contributed by atoms with E-state index in [1.165, 1.54) is 6.20 Å². The van der Waals surface area contributed by atoms with Gasteiger partial charge in [0.2, 0.25) is 17.6 Å². The van der Waals surface area contributed by atoms with Gasteiger partial charge in [-0.05, 0) is 24.6 Å². The van der Waals surface area contributed by atoms with E-state index in [9.17, 15) is 0 Å². The van der Waals surface area contributed by atoms with Crippen molar-refractivity contribution >= 4 is 0 Å². The number of hydrogen-bond acceptors (Lipinski definition) is 6. The van der Waals surface area contributed by atoms with Gasteiger partial charge in [-0.25, -0.2) is 4.98 Å². The lowest BCUT2D eigenvalue weighted by atomic mass is 10.2. The fourth-order valence-corrected chi connectivity index (χ4v) is 2.13. The normalized spacial score (nSPS) is 10.3. The molecule has 0 N–H and O–H groups in total. The summed E-state index contributed by atoms with van der Waals surface area (Å²) in [6.07, 6.45) is 4.36. The minimum atomic E-state index is 0.419. The van der Waals surface area contributed by atoms with Gasteiger partial charge in [-0.3, -0.25) is 0 Å². The molecule has 24 heavy (non-hydrogen) atoms. The number of unbranched alkanes of at least 4 members (excludes halogenated alkanes) is 1. The van der Waals surface area contributed by atoms with Gasteiger partial charge in [-0.15, -0.1) is 0 Å². The van der Waals surface area contributed by atoms with Crippen molar-refractivity contribution in [2.75, 3.05) is 0 Å². The van der Waals surface area contributed by atoms with Crippen molar-refractivity contribution in [3.63, 3.8) is 0 Å². The molecule has 0 radical (unpaired) electrons. The third kappa shape index (κ3) is 3.76. The van der Waals surface area contributed by atoms with Crippen LogP contribution in [-0.2, 0) is 6.42 Å². The van der Waals surface area contributed by atoms with Crippen LogP contribution in [0.5, 0.6) is 11.6 Å².